The molecule has 0 bridgehead atoms. The Hall–Kier alpha value is -2.23. The van der Waals surface area contributed by atoms with E-state index in [9.17, 15) is 8.42 Å². The Morgan fingerprint density at radius 2 is 2.00 bits per heavy atom. The van der Waals surface area contributed by atoms with E-state index in [2.05, 4.69) is 20.1 Å². The number of ether oxygens (including phenoxy) is 1. The predicted octanol–water partition coefficient (Wildman–Crippen LogP) is 0.249. The Morgan fingerprint density at radius 3 is 2.52 bits per heavy atom. The van der Waals surface area contributed by atoms with Gasteiger partial charge in [-0.05, 0) is 17.7 Å². The van der Waals surface area contributed by atoms with Gasteiger partial charge in [0.1, 0.15) is 10.7 Å². The van der Waals surface area contributed by atoms with Crippen LogP contribution in [0.3, 0.4) is 0 Å². The van der Waals surface area contributed by atoms with Crippen molar-refractivity contribution in [2.24, 2.45) is 5.84 Å². The number of sulfonamides is 1. The van der Waals surface area contributed by atoms with Gasteiger partial charge in [0.15, 0.2) is 0 Å². The number of anilines is 1. The van der Waals surface area contributed by atoms with Gasteiger partial charge in [-0.15, -0.1) is 0 Å². The van der Waals surface area contributed by atoms with Gasteiger partial charge in [-0.1, -0.05) is 6.07 Å². The van der Waals surface area contributed by atoms with Crippen molar-refractivity contribution >= 4 is 15.8 Å². The molecule has 0 aliphatic heterocycles. The van der Waals surface area contributed by atoms with Crippen LogP contribution in [0.4, 0.5) is 5.82 Å². The third-order valence-electron chi connectivity index (χ3n) is 2.67. The van der Waals surface area contributed by atoms with E-state index in [1.54, 1.807) is 18.3 Å². The molecule has 112 valence electrons. The number of nitrogens with zero attached hydrogens (tertiary/aromatic N) is 2. The molecular weight excluding hydrogens is 294 g/mol. The van der Waals surface area contributed by atoms with E-state index >= 15 is 0 Å². The van der Waals surface area contributed by atoms with Gasteiger partial charge < -0.3 is 10.2 Å². The quantitative estimate of drug-likeness (QED) is 0.517. The molecule has 0 atom stereocenters. The second kappa shape index (κ2) is 6.48. The van der Waals surface area contributed by atoms with Gasteiger partial charge in [0, 0.05) is 25.0 Å². The molecule has 2 rings (SSSR count). The smallest absolute Gasteiger partial charge is 0.242 e. The van der Waals surface area contributed by atoms with Crippen LogP contribution in [-0.2, 0) is 16.6 Å². The highest BCUT2D eigenvalue weighted by molar-refractivity contribution is 7.89. The average Bonchev–Trinajstić information content (AvgIpc) is 2.53. The highest BCUT2D eigenvalue weighted by atomic mass is 32.2. The largest absolute Gasteiger partial charge is 0.481 e. The summed E-state index contributed by atoms with van der Waals surface area (Å²) in [6, 6.07) is 6.28. The van der Waals surface area contributed by atoms with Crippen molar-refractivity contribution in [2.75, 3.05) is 12.5 Å². The molecule has 0 saturated carbocycles. The lowest BCUT2D eigenvalue weighted by Crippen LogP contribution is -2.23. The van der Waals surface area contributed by atoms with Crippen molar-refractivity contribution in [3.05, 3.63) is 42.2 Å². The van der Waals surface area contributed by atoms with E-state index in [0.717, 1.165) is 0 Å². The first-order valence-electron chi connectivity index (χ1n) is 5.96. The summed E-state index contributed by atoms with van der Waals surface area (Å²) in [6.45, 7) is 0.121. The Kier molecular flexibility index (Phi) is 4.68. The molecule has 2 heterocycles. The molecule has 9 heteroatoms. The number of rotatable bonds is 6. The molecule has 0 spiro atoms. The molecule has 0 fully saturated rings. The van der Waals surface area contributed by atoms with Crippen LogP contribution in [0, 0.1) is 0 Å². The molecule has 0 aliphatic rings. The third-order valence-corrected chi connectivity index (χ3v) is 4.05. The van der Waals surface area contributed by atoms with Gasteiger partial charge in [0.25, 0.3) is 0 Å². The fourth-order valence-corrected chi connectivity index (χ4v) is 2.48. The van der Waals surface area contributed by atoms with Crippen LogP contribution in [0.25, 0.3) is 0 Å². The van der Waals surface area contributed by atoms with Crippen LogP contribution >= 0.6 is 0 Å². The maximum absolute atomic E-state index is 12.1. The minimum absolute atomic E-state index is 0.0583. The second-order valence-corrected chi connectivity index (χ2v) is 5.82. The number of nitrogens with two attached hydrogens (primary N) is 1. The first-order valence-corrected chi connectivity index (χ1v) is 7.45. The maximum atomic E-state index is 12.1. The van der Waals surface area contributed by atoms with Crippen molar-refractivity contribution in [1.29, 1.82) is 0 Å². The molecule has 4 N–H and O–H groups in total. The Bertz CT molecular complexity index is 686. The number of pyridine rings is 2. The lowest BCUT2D eigenvalue weighted by molar-refractivity contribution is 0.397. The van der Waals surface area contributed by atoms with Crippen molar-refractivity contribution < 1.29 is 13.2 Å². The molecule has 2 aromatic heterocycles. The first kappa shape index (κ1) is 15.2. The SMILES string of the molecule is COc1ccc(CNS(=O)(=O)c2ccc(NN)nc2)cn1. The first-order chi connectivity index (χ1) is 10.0. The van der Waals surface area contributed by atoms with Crippen molar-refractivity contribution in [3.8, 4) is 5.88 Å². The van der Waals surface area contributed by atoms with Crippen molar-refractivity contribution in [3.63, 3.8) is 0 Å². The monoisotopic (exact) mass is 309 g/mol. The maximum Gasteiger partial charge on any atom is 0.242 e. The van der Waals surface area contributed by atoms with Crippen molar-refractivity contribution in [1.82, 2.24) is 14.7 Å². The van der Waals surface area contributed by atoms with Gasteiger partial charge in [0.05, 0.1) is 7.11 Å². The average molecular weight is 309 g/mol. The minimum Gasteiger partial charge on any atom is -0.481 e. The van der Waals surface area contributed by atoms with Crippen LogP contribution < -0.4 is 20.7 Å². The second-order valence-electron chi connectivity index (χ2n) is 4.06. The van der Waals surface area contributed by atoms with E-state index in [1.165, 1.54) is 25.4 Å². The van der Waals surface area contributed by atoms with Gasteiger partial charge in [-0.2, -0.15) is 0 Å². The van der Waals surface area contributed by atoms with Crippen LogP contribution in [0.1, 0.15) is 5.56 Å². The number of nitrogen functional groups attached to an aromatic ring is 1. The predicted molar refractivity (Wildman–Crippen MR) is 76.9 cm³/mol. The molecule has 8 nitrogen and oxygen atoms in total. The number of hydrazine groups is 1. The number of hydrogen-bond acceptors (Lipinski definition) is 7. The lowest BCUT2D eigenvalue weighted by Gasteiger charge is -2.07. The number of hydrogen-bond donors (Lipinski definition) is 3. The summed E-state index contributed by atoms with van der Waals surface area (Å²) < 4.78 is 31.6. The lowest BCUT2D eigenvalue weighted by atomic mass is 10.3. The molecule has 0 radical (unpaired) electrons. The van der Waals surface area contributed by atoms with Gasteiger partial charge in [0.2, 0.25) is 15.9 Å². The van der Waals surface area contributed by atoms with E-state index in [-0.39, 0.29) is 11.4 Å². The van der Waals surface area contributed by atoms with Gasteiger partial charge in [-0.3, -0.25) is 0 Å². The van der Waals surface area contributed by atoms with E-state index in [0.29, 0.717) is 17.3 Å². The molecule has 21 heavy (non-hydrogen) atoms. The molecular formula is C12H15N5O3S. The fraction of sp³-hybridized carbons (Fsp3) is 0.167. The zero-order valence-electron chi connectivity index (χ0n) is 11.3. The summed E-state index contributed by atoms with van der Waals surface area (Å²) in [5, 5.41) is 0. The van der Waals surface area contributed by atoms with Gasteiger partial charge >= 0.3 is 0 Å². The molecule has 0 aromatic carbocycles. The fourth-order valence-electron chi connectivity index (χ4n) is 1.52. The zero-order valence-corrected chi connectivity index (χ0v) is 12.1. The van der Waals surface area contributed by atoms with Crippen LogP contribution in [0.5, 0.6) is 5.88 Å². The summed E-state index contributed by atoms with van der Waals surface area (Å²) in [5.74, 6) is 6.02. The normalized spacial score (nSPS) is 11.1. The Balaban J connectivity index is 2.05. The summed E-state index contributed by atoms with van der Waals surface area (Å²) in [5.41, 5.74) is 3.04. The van der Waals surface area contributed by atoms with Crippen LogP contribution in [-0.4, -0.2) is 25.5 Å². The standard InChI is InChI=1S/C12H15N5O3S/c1-20-12-5-2-9(6-15-12)7-16-21(18,19)10-3-4-11(17-13)14-8-10/h2-6,8,16H,7,13H2,1H3,(H,14,17). The summed E-state index contributed by atoms with van der Waals surface area (Å²) in [7, 11) is -2.13. The topological polar surface area (TPSA) is 119 Å². The molecule has 0 unspecified atom stereocenters. The Labute approximate surface area is 122 Å². The number of methoxy groups -OCH3 is 1. The molecule has 0 amide bonds. The van der Waals surface area contributed by atoms with E-state index < -0.39 is 10.0 Å². The van der Waals surface area contributed by atoms with E-state index in [4.69, 9.17) is 10.6 Å². The zero-order chi connectivity index (χ0) is 15.3. The molecule has 0 aliphatic carbocycles. The third kappa shape index (κ3) is 3.88. The molecule has 0 saturated heterocycles. The Morgan fingerprint density at radius 1 is 1.19 bits per heavy atom. The highest BCUT2D eigenvalue weighted by Gasteiger charge is 2.14. The number of nitrogens with one attached hydrogen (secondary N) is 2. The van der Waals surface area contributed by atoms with Crippen LogP contribution in [0.2, 0.25) is 0 Å². The van der Waals surface area contributed by atoms with Crippen molar-refractivity contribution in [2.45, 2.75) is 11.4 Å². The van der Waals surface area contributed by atoms with Gasteiger partial charge in [-0.25, -0.2) is 29.0 Å². The summed E-state index contributed by atoms with van der Waals surface area (Å²) >= 11 is 0. The number of aromatic nitrogens is 2. The summed E-state index contributed by atoms with van der Waals surface area (Å²) in [4.78, 5) is 7.92. The molecule has 2 aromatic rings. The van der Waals surface area contributed by atoms with Crippen LogP contribution in [0.15, 0.2) is 41.6 Å². The highest BCUT2D eigenvalue weighted by Crippen LogP contribution is 2.11. The minimum atomic E-state index is -3.64. The van der Waals surface area contributed by atoms with E-state index in [1.807, 2.05) is 0 Å². The summed E-state index contributed by atoms with van der Waals surface area (Å²) in [6.07, 6.45) is 2.77.